The summed E-state index contributed by atoms with van der Waals surface area (Å²) < 4.78 is 3.76. The Kier molecular flexibility index (Phi) is 6.49. The summed E-state index contributed by atoms with van der Waals surface area (Å²) in [6.45, 7) is 7.77. The molecule has 0 amide bonds. The van der Waals surface area contributed by atoms with Gasteiger partial charge in [0.25, 0.3) is 0 Å². The fraction of sp³-hybridized carbons (Fsp3) is 0.438. The second kappa shape index (κ2) is 7.89. The molecule has 0 aliphatic heterocycles. The van der Waals surface area contributed by atoms with Gasteiger partial charge in [-0.1, -0.05) is 62.5 Å². The number of aromatic nitrogens is 2. The monoisotopic (exact) mass is 321 g/mol. The van der Waals surface area contributed by atoms with E-state index < -0.39 is 5.97 Å². The van der Waals surface area contributed by atoms with E-state index in [1.54, 1.807) is 0 Å². The van der Waals surface area contributed by atoms with Crippen LogP contribution in [0.25, 0.3) is 11.3 Å². The molecule has 1 aromatic heterocycles. The number of hydrogen-bond donors (Lipinski definition) is 2. The summed E-state index contributed by atoms with van der Waals surface area (Å²) in [5.74, 6) is -0.900. The Bertz CT molecular complexity index is 591. The highest BCUT2D eigenvalue weighted by Crippen LogP contribution is 2.28. The number of hydrogen-bond acceptors (Lipinski definition) is 5. The van der Waals surface area contributed by atoms with Crippen LogP contribution >= 0.6 is 11.5 Å². The molecule has 0 bridgehead atoms. The predicted molar refractivity (Wildman–Crippen MR) is 90.6 cm³/mol. The van der Waals surface area contributed by atoms with E-state index in [1.165, 1.54) is 11.5 Å². The number of nitrogens with two attached hydrogens (primary N) is 1. The summed E-state index contributed by atoms with van der Waals surface area (Å²) in [4.78, 5) is 10.6. The summed E-state index contributed by atoms with van der Waals surface area (Å²) in [7, 11) is 0. The maximum Gasteiger partial charge on any atom is 0.307 e. The molecule has 0 radical (unpaired) electrons. The molecule has 1 heterocycles. The summed E-state index contributed by atoms with van der Waals surface area (Å²) in [6.07, 6.45) is 0.707. The lowest BCUT2D eigenvalue weighted by Gasteiger charge is -2.25. The zero-order valence-electron chi connectivity index (χ0n) is 13.4. The van der Waals surface area contributed by atoms with Gasteiger partial charge < -0.3 is 10.8 Å². The molecule has 0 fully saturated rings. The summed E-state index contributed by atoms with van der Waals surface area (Å²) in [5, 5.41) is 13.3. The smallest absolute Gasteiger partial charge is 0.307 e. The topological polar surface area (TPSA) is 89.1 Å². The number of aliphatic carboxylic acids is 1. The van der Waals surface area contributed by atoms with Gasteiger partial charge in [0.2, 0.25) is 0 Å². The number of anilines is 1. The van der Waals surface area contributed by atoms with Crippen molar-refractivity contribution in [2.75, 3.05) is 5.73 Å². The molecule has 2 rings (SSSR count). The summed E-state index contributed by atoms with van der Waals surface area (Å²) in [6, 6.07) is 9.79. The Morgan fingerprint density at radius 1 is 1.32 bits per heavy atom. The lowest BCUT2D eigenvalue weighted by molar-refractivity contribution is -0.145. The van der Waals surface area contributed by atoms with Crippen LogP contribution in [0.2, 0.25) is 0 Å². The van der Waals surface area contributed by atoms with Crippen LogP contribution < -0.4 is 5.73 Å². The van der Waals surface area contributed by atoms with E-state index >= 15 is 0 Å². The van der Waals surface area contributed by atoms with Gasteiger partial charge in [-0.15, -0.1) is 5.10 Å². The molecular weight excluding hydrogens is 298 g/mol. The van der Waals surface area contributed by atoms with Gasteiger partial charge in [-0.25, -0.2) is 0 Å². The van der Waals surface area contributed by atoms with E-state index in [0.29, 0.717) is 11.4 Å². The molecule has 3 N–H and O–H groups in total. The van der Waals surface area contributed by atoms with Gasteiger partial charge in [0, 0.05) is 17.1 Å². The Hall–Kier alpha value is -1.95. The van der Waals surface area contributed by atoms with Crippen LogP contribution in [0.1, 0.15) is 34.1 Å². The van der Waals surface area contributed by atoms with Gasteiger partial charge in [0.05, 0.1) is 5.92 Å². The average Bonchev–Trinajstić information content (AvgIpc) is 2.85. The third kappa shape index (κ3) is 5.11. The number of carboxylic acids is 1. The quantitative estimate of drug-likeness (QED) is 0.894. The Labute approximate surface area is 135 Å². The van der Waals surface area contributed by atoms with Gasteiger partial charge in [0.15, 0.2) is 0 Å². The third-order valence-electron chi connectivity index (χ3n) is 3.31. The van der Waals surface area contributed by atoms with E-state index in [2.05, 4.69) is 9.59 Å². The maximum absolute atomic E-state index is 10.6. The number of carboxylic acid groups (broad SMARTS) is 1. The van der Waals surface area contributed by atoms with Crippen molar-refractivity contribution in [2.45, 2.75) is 34.1 Å². The molecular formula is C16H23N3O2S. The molecule has 0 aliphatic carbocycles. The average molecular weight is 321 g/mol. The molecule has 1 atom stereocenters. The van der Waals surface area contributed by atoms with Crippen molar-refractivity contribution in [1.29, 1.82) is 0 Å². The Morgan fingerprint density at radius 2 is 1.91 bits per heavy atom. The van der Waals surface area contributed by atoms with Crippen molar-refractivity contribution in [1.82, 2.24) is 9.59 Å². The van der Waals surface area contributed by atoms with Gasteiger partial charge >= 0.3 is 5.97 Å². The highest BCUT2D eigenvalue weighted by atomic mass is 32.1. The SMILES string of the molecule is CC[C@H](C(=O)O)C(C)(C)C.Nc1snnc1-c1ccccc1. The minimum absolute atomic E-state index is 0.111. The van der Waals surface area contributed by atoms with Crippen LogP contribution in [0.15, 0.2) is 30.3 Å². The third-order valence-corrected chi connectivity index (χ3v) is 3.87. The van der Waals surface area contributed by atoms with Crippen molar-refractivity contribution < 1.29 is 9.90 Å². The van der Waals surface area contributed by atoms with Crippen LogP contribution in [0, 0.1) is 11.3 Å². The zero-order valence-corrected chi connectivity index (χ0v) is 14.2. The van der Waals surface area contributed by atoms with Crippen molar-refractivity contribution in [3.8, 4) is 11.3 Å². The highest BCUT2D eigenvalue weighted by molar-refractivity contribution is 7.10. The second-order valence-electron chi connectivity index (χ2n) is 6.02. The molecule has 0 spiro atoms. The van der Waals surface area contributed by atoms with Gasteiger partial charge in [-0.3, -0.25) is 4.79 Å². The maximum atomic E-state index is 10.6. The Morgan fingerprint density at radius 3 is 2.23 bits per heavy atom. The first kappa shape index (κ1) is 18.1. The molecule has 120 valence electrons. The van der Waals surface area contributed by atoms with E-state index in [0.717, 1.165) is 11.3 Å². The number of nitrogens with zero attached hydrogens (tertiary/aromatic N) is 2. The molecule has 1 aromatic carbocycles. The fourth-order valence-corrected chi connectivity index (χ4v) is 2.61. The largest absolute Gasteiger partial charge is 0.481 e. The van der Waals surface area contributed by atoms with Crippen molar-refractivity contribution in [3.05, 3.63) is 30.3 Å². The van der Waals surface area contributed by atoms with Crippen molar-refractivity contribution >= 4 is 22.5 Å². The summed E-state index contributed by atoms with van der Waals surface area (Å²) in [5.41, 5.74) is 7.35. The summed E-state index contributed by atoms with van der Waals surface area (Å²) >= 11 is 1.22. The first-order valence-corrected chi connectivity index (χ1v) is 7.90. The van der Waals surface area contributed by atoms with Gasteiger partial charge in [-0.2, -0.15) is 0 Å². The minimum atomic E-state index is -0.685. The molecule has 0 aliphatic rings. The molecule has 0 saturated heterocycles. The number of rotatable bonds is 3. The van der Waals surface area contributed by atoms with E-state index in [9.17, 15) is 4.79 Å². The van der Waals surface area contributed by atoms with Crippen LogP contribution in [0.4, 0.5) is 5.00 Å². The van der Waals surface area contributed by atoms with Crippen LogP contribution in [0.3, 0.4) is 0 Å². The normalized spacial score (nSPS) is 12.2. The first-order chi connectivity index (χ1) is 10.3. The zero-order chi connectivity index (χ0) is 16.8. The molecule has 0 saturated carbocycles. The van der Waals surface area contributed by atoms with Gasteiger partial charge in [-0.05, 0) is 11.8 Å². The van der Waals surface area contributed by atoms with Crippen LogP contribution in [-0.2, 0) is 4.79 Å². The first-order valence-electron chi connectivity index (χ1n) is 7.13. The van der Waals surface area contributed by atoms with Gasteiger partial charge in [0.1, 0.15) is 10.7 Å². The van der Waals surface area contributed by atoms with Crippen molar-refractivity contribution in [2.24, 2.45) is 11.3 Å². The van der Waals surface area contributed by atoms with E-state index in [1.807, 2.05) is 58.0 Å². The minimum Gasteiger partial charge on any atom is -0.481 e. The molecule has 6 heteroatoms. The van der Waals surface area contributed by atoms with Crippen molar-refractivity contribution in [3.63, 3.8) is 0 Å². The standard InChI is InChI=1S/C8H7N3S.C8H16O2/c9-8-7(10-11-12-8)6-4-2-1-3-5-6;1-5-6(7(9)10)8(2,3)4/h1-5H,9H2;6H,5H2,1-4H3,(H,9,10)/t;6-/m.1/s1. The molecule has 22 heavy (non-hydrogen) atoms. The lowest BCUT2D eigenvalue weighted by Crippen LogP contribution is -2.27. The van der Waals surface area contributed by atoms with Crippen LogP contribution in [0.5, 0.6) is 0 Å². The lowest BCUT2D eigenvalue weighted by atomic mass is 9.79. The highest BCUT2D eigenvalue weighted by Gasteiger charge is 2.28. The number of carbonyl (C=O) groups is 1. The molecule has 0 unspecified atom stereocenters. The van der Waals surface area contributed by atoms with E-state index in [-0.39, 0.29) is 11.3 Å². The fourth-order valence-electron chi connectivity index (χ4n) is 2.15. The Balaban J connectivity index is 0.000000225. The second-order valence-corrected chi connectivity index (χ2v) is 6.80. The molecule has 5 nitrogen and oxygen atoms in total. The predicted octanol–water partition coefficient (Wildman–Crippen LogP) is 3.93. The number of benzene rings is 1. The van der Waals surface area contributed by atoms with Crippen LogP contribution in [-0.4, -0.2) is 20.7 Å². The number of nitrogen functional groups attached to an aromatic ring is 1. The van der Waals surface area contributed by atoms with E-state index in [4.69, 9.17) is 10.8 Å². The molecule has 2 aromatic rings.